The Morgan fingerprint density at radius 2 is 2.05 bits per heavy atom. The van der Waals surface area contributed by atoms with E-state index >= 15 is 0 Å². The average molecular weight is 289 g/mol. The Labute approximate surface area is 121 Å². The van der Waals surface area contributed by atoms with E-state index in [0.717, 1.165) is 5.56 Å². The number of anilines is 1. The molecule has 0 saturated carbocycles. The zero-order chi connectivity index (χ0) is 15.2. The number of hydrogen-bond acceptors (Lipinski definition) is 6. The van der Waals surface area contributed by atoms with Gasteiger partial charge in [0.05, 0.1) is 19.1 Å². The van der Waals surface area contributed by atoms with E-state index in [0.29, 0.717) is 18.1 Å². The lowest BCUT2D eigenvalue weighted by Gasteiger charge is -2.09. The Balaban J connectivity index is 2.17. The second-order valence-electron chi connectivity index (χ2n) is 4.18. The normalized spacial score (nSPS) is 10.0. The maximum atomic E-state index is 11.2. The molecular weight excluding hydrogens is 274 g/mol. The van der Waals surface area contributed by atoms with E-state index in [-0.39, 0.29) is 11.4 Å². The highest BCUT2D eigenvalue weighted by atomic mass is 16.6. The second-order valence-corrected chi connectivity index (χ2v) is 4.18. The van der Waals surface area contributed by atoms with Gasteiger partial charge in [-0.05, 0) is 17.7 Å². The molecule has 0 atom stereocenters. The zero-order valence-corrected chi connectivity index (χ0v) is 11.7. The molecule has 21 heavy (non-hydrogen) atoms. The molecule has 1 aromatic carbocycles. The number of hydrogen-bond donors (Lipinski definition) is 1. The minimum atomic E-state index is -0.465. The number of nitro groups is 1. The van der Waals surface area contributed by atoms with Crippen molar-refractivity contribution < 1.29 is 14.4 Å². The number of rotatable bonds is 6. The maximum Gasteiger partial charge on any atom is 0.333 e. The van der Waals surface area contributed by atoms with E-state index in [1.54, 1.807) is 37.6 Å². The summed E-state index contributed by atoms with van der Waals surface area (Å²) in [7, 11) is 2.94. The summed E-state index contributed by atoms with van der Waals surface area (Å²) in [5, 5.41) is 14.2. The van der Waals surface area contributed by atoms with Crippen molar-refractivity contribution in [3.05, 3.63) is 52.2 Å². The largest absolute Gasteiger partial charge is 0.490 e. The van der Waals surface area contributed by atoms with Gasteiger partial charge in [-0.15, -0.1) is 0 Å². The first kappa shape index (κ1) is 14.6. The van der Waals surface area contributed by atoms with E-state index < -0.39 is 4.92 Å². The average Bonchev–Trinajstić information content (AvgIpc) is 2.52. The van der Waals surface area contributed by atoms with Crippen molar-refractivity contribution in [2.24, 2.45) is 0 Å². The Morgan fingerprint density at radius 1 is 1.24 bits per heavy atom. The fourth-order valence-electron chi connectivity index (χ4n) is 1.85. The lowest BCUT2D eigenvalue weighted by atomic mass is 10.2. The number of nitro benzene ring substituents is 1. The van der Waals surface area contributed by atoms with Crippen LogP contribution in [0.3, 0.4) is 0 Å². The highest BCUT2D eigenvalue weighted by Crippen LogP contribution is 2.34. The van der Waals surface area contributed by atoms with Gasteiger partial charge in [0.15, 0.2) is 5.75 Å². The predicted molar refractivity (Wildman–Crippen MR) is 77.8 cm³/mol. The third kappa shape index (κ3) is 3.38. The smallest absolute Gasteiger partial charge is 0.333 e. The molecule has 2 rings (SSSR count). The standard InChI is InChI=1S/C14H15N3O4/c1-20-12-5-3-4-11(14(12)17(18)19)15-8-10-6-7-13(21-2)16-9-10/h3-7,9,15H,8H2,1-2H3. The van der Waals surface area contributed by atoms with Crippen LogP contribution in [-0.2, 0) is 6.54 Å². The molecule has 7 nitrogen and oxygen atoms in total. The molecule has 7 heteroatoms. The molecule has 0 radical (unpaired) electrons. The van der Waals surface area contributed by atoms with E-state index in [2.05, 4.69) is 10.3 Å². The molecule has 0 unspecified atom stereocenters. The van der Waals surface area contributed by atoms with Crippen LogP contribution in [0.2, 0.25) is 0 Å². The molecule has 0 aliphatic carbocycles. The molecule has 0 amide bonds. The Kier molecular flexibility index (Phi) is 4.55. The fraction of sp³-hybridized carbons (Fsp3) is 0.214. The van der Waals surface area contributed by atoms with Crippen LogP contribution in [0.5, 0.6) is 11.6 Å². The minimum absolute atomic E-state index is 0.0820. The molecule has 0 fully saturated rings. The van der Waals surface area contributed by atoms with Gasteiger partial charge in [-0.1, -0.05) is 12.1 Å². The summed E-state index contributed by atoms with van der Waals surface area (Å²) < 4.78 is 9.99. The van der Waals surface area contributed by atoms with Crippen molar-refractivity contribution in [1.29, 1.82) is 0 Å². The van der Waals surface area contributed by atoms with Crippen LogP contribution in [0.15, 0.2) is 36.5 Å². The van der Waals surface area contributed by atoms with Crippen LogP contribution in [0.25, 0.3) is 0 Å². The van der Waals surface area contributed by atoms with Gasteiger partial charge in [0.1, 0.15) is 5.69 Å². The van der Waals surface area contributed by atoms with Gasteiger partial charge in [-0.3, -0.25) is 10.1 Å². The second kappa shape index (κ2) is 6.56. The number of ether oxygens (including phenoxy) is 2. The molecule has 110 valence electrons. The first-order chi connectivity index (χ1) is 10.2. The lowest BCUT2D eigenvalue weighted by molar-refractivity contribution is -0.384. The van der Waals surface area contributed by atoms with Crippen molar-refractivity contribution in [3.8, 4) is 11.6 Å². The first-order valence-electron chi connectivity index (χ1n) is 6.20. The van der Waals surface area contributed by atoms with Gasteiger partial charge in [-0.25, -0.2) is 4.98 Å². The van der Waals surface area contributed by atoms with Crippen molar-refractivity contribution in [2.45, 2.75) is 6.54 Å². The Hall–Kier alpha value is -2.83. The quantitative estimate of drug-likeness (QED) is 0.649. The molecular formula is C14H15N3O4. The predicted octanol–water partition coefficient (Wildman–Crippen LogP) is 2.62. The Bertz CT molecular complexity index is 629. The fourth-order valence-corrected chi connectivity index (χ4v) is 1.85. The maximum absolute atomic E-state index is 11.2. The third-order valence-corrected chi connectivity index (χ3v) is 2.89. The van der Waals surface area contributed by atoms with E-state index in [1.165, 1.54) is 7.11 Å². The number of nitrogens with one attached hydrogen (secondary N) is 1. The highest BCUT2D eigenvalue weighted by molar-refractivity contribution is 5.68. The summed E-state index contributed by atoms with van der Waals surface area (Å²) in [5.41, 5.74) is 1.20. The summed E-state index contributed by atoms with van der Waals surface area (Å²) >= 11 is 0. The van der Waals surface area contributed by atoms with Crippen molar-refractivity contribution in [3.63, 3.8) is 0 Å². The van der Waals surface area contributed by atoms with Crippen molar-refractivity contribution in [2.75, 3.05) is 19.5 Å². The van der Waals surface area contributed by atoms with Crippen molar-refractivity contribution >= 4 is 11.4 Å². The molecule has 0 spiro atoms. The zero-order valence-electron chi connectivity index (χ0n) is 11.7. The molecule has 0 aliphatic heterocycles. The Morgan fingerprint density at radius 3 is 2.62 bits per heavy atom. The number of aromatic nitrogens is 1. The van der Waals surface area contributed by atoms with E-state index in [1.807, 2.05) is 6.07 Å². The van der Waals surface area contributed by atoms with Gasteiger partial charge in [0, 0.05) is 18.8 Å². The van der Waals surface area contributed by atoms with Gasteiger partial charge in [-0.2, -0.15) is 0 Å². The van der Waals surface area contributed by atoms with Gasteiger partial charge in [0.25, 0.3) is 0 Å². The SMILES string of the molecule is COc1ccc(CNc2cccc(OC)c2[N+](=O)[O-])cn1. The summed E-state index contributed by atoms with van der Waals surface area (Å²) in [5.74, 6) is 0.740. The van der Waals surface area contributed by atoms with Crippen LogP contribution >= 0.6 is 0 Å². The van der Waals surface area contributed by atoms with Crippen LogP contribution in [0.4, 0.5) is 11.4 Å². The third-order valence-electron chi connectivity index (χ3n) is 2.89. The number of nitrogens with zero attached hydrogens (tertiary/aromatic N) is 2. The van der Waals surface area contributed by atoms with Gasteiger partial charge >= 0.3 is 5.69 Å². The molecule has 0 saturated heterocycles. The first-order valence-corrected chi connectivity index (χ1v) is 6.20. The number of methoxy groups -OCH3 is 2. The number of benzene rings is 1. The molecule has 1 N–H and O–H groups in total. The van der Waals surface area contributed by atoms with Crippen LogP contribution in [0.1, 0.15) is 5.56 Å². The van der Waals surface area contributed by atoms with E-state index in [9.17, 15) is 10.1 Å². The van der Waals surface area contributed by atoms with Crippen LogP contribution in [-0.4, -0.2) is 24.1 Å². The van der Waals surface area contributed by atoms with Crippen LogP contribution < -0.4 is 14.8 Å². The minimum Gasteiger partial charge on any atom is -0.490 e. The topological polar surface area (TPSA) is 86.5 Å². The highest BCUT2D eigenvalue weighted by Gasteiger charge is 2.20. The summed E-state index contributed by atoms with van der Waals surface area (Å²) in [6.45, 7) is 0.408. The van der Waals surface area contributed by atoms with E-state index in [4.69, 9.17) is 9.47 Å². The molecule has 2 aromatic rings. The molecule has 1 heterocycles. The number of pyridine rings is 1. The monoisotopic (exact) mass is 289 g/mol. The van der Waals surface area contributed by atoms with Crippen molar-refractivity contribution in [1.82, 2.24) is 4.98 Å². The number of para-hydroxylation sites is 1. The molecule has 0 bridgehead atoms. The van der Waals surface area contributed by atoms with Gasteiger partial charge < -0.3 is 14.8 Å². The molecule has 0 aliphatic rings. The summed E-state index contributed by atoms with van der Waals surface area (Å²) in [6, 6.07) is 8.46. The van der Waals surface area contributed by atoms with Crippen LogP contribution in [0, 0.1) is 10.1 Å². The lowest BCUT2D eigenvalue weighted by Crippen LogP contribution is -2.04. The summed E-state index contributed by atoms with van der Waals surface area (Å²) in [4.78, 5) is 14.8. The van der Waals surface area contributed by atoms with Gasteiger partial charge in [0.2, 0.25) is 5.88 Å². The summed E-state index contributed by atoms with van der Waals surface area (Å²) in [6.07, 6.45) is 1.65. The molecule has 1 aromatic heterocycles.